The highest BCUT2D eigenvalue weighted by molar-refractivity contribution is 9.10. The number of carbonyl (C=O) groups excluding carboxylic acids is 1. The first-order valence-electron chi connectivity index (χ1n) is 5.94. The van der Waals surface area contributed by atoms with E-state index in [2.05, 4.69) is 22.0 Å². The van der Waals surface area contributed by atoms with E-state index < -0.39 is 0 Å². The van der Waals surface area contributed by atoms with E-state index in [4.69, 9.17) is 4.74 Å². The van der Waals surface area contributed by atoms with Gasteiger partial charge in [0.15, 0.2) is 0 Å². The van der Waals surface area contributed by atoms with Gasteiger partial charge in [0.2, 0.25) is 0 Å². The topological polar surface area (TPSA) is 26.3 Å². The molecule has 0 fully saturated rings. The number of hydrogen-bond acceptors (Lipinski definition) is 2. The number of allylic oxidation sites excluding steroid dienone is 2. The zero-order chi connectivity index (χ0) is 13.7. The van der Waals surface area contributed by atoms with Crippen LogP contribution in [0.2, 0.25) is 0 Å². The maximum Gasteiger partial charge on any atom is 0.313 e. The van der Waals surface area contributed by atoms with E-state index in [0.29, 0.717) is 0 Å². The van der Waals surface area contributed by atoms with Crippen molar-refractivity contribution in [1.29, 1.82) is 0 Å². The Bertz CT molecular complexity index is 430. The van der Waals surface area contributed by atoms with E-state index in [0.717, 1.165) is 10.0 Å². The molecule has 0 aromatic heterocycles. The van der Waals surface area contributed by atoms with Crippen LogP contribution in [0.25, 0.3) is 0 Å². The summed E-state index contributed by atoms with van der Waals surface area (Å²) in [5.74, 6) is -0.330. The zero-order valence-corrected chi connectivity index (χ0v) is 12.8. The van der Waals surface area contributed by atoms with Crippen molar-refractivity contribution in [3.8, 4) is 0 Å². The Kier molecular flexibility index (Phi) is 5.60. The zero-order valence-electron chi connectivity index (χ0n) is 11.2. The molecule has 0 aliphatic heterocycles. The first-order valence-corrected chi connectivity index (χ1v) is 6.73. The highest BCUT2D eigenvalue weighted by Crippen LogP contribution is 2.28. The Morgan fingerprint density at radius 3 is 2.28 bits per heavy atom. The summed E-state index contributed by atoms with van der Waals surface area (Å²) in [4.78, 5) is 12.0. The maximum atomic E-state index is 12.0. The summed E-state index contributed by atoms with van der Waals surface area (Å²) in [7, 11) is 1.43. The van der Waals surface area contributed by atoms with Gasteiger partial charge in [-0.2, -0.15) is 0 Å². The van der Waals surface area contributed by atoms with Crippen LogP contribution in [0.4, 0.5) is 0 Å². The van der Waals surface area contributed by atoms with Crippen LogP contribution in [-0.4, -0.2) is 13.1 Å². The van der Waals surface area contributed by atoms with Gasteiger partial charge < -0.3 is 4.74 Å². The molecular weight excluding hydrogens is 292 g/mol. The smallest absolute Gasteiger partial charge is 0.313 e. The van der Waals surface area contributed by atoms with Crippen LogP contribution in [0, 0.1) is 5.92 Å². The molecule has 0 aliphatic rings. The number of hydrogen-bond donors (Lipinski definition) is 0. The van der Waals surface area contributed by atoms with Gasteiger partial charge in [-0.3, -0.25) is 4.79 Å². The van der Waals surface area contributed by atoms with E-state index in [9.17, 15) is 4.79 Å². The third-order valence-corrected chi connectivity index (χ3v) is 3.33. The van der Waals surface area contributed by atoms with Crippen molar-refractivity contribution in [3.63, 3.8) is 0 Å². The Labute approximate surface area is 117 Å². The molecule has 1 rings (SSSR count). The molecule has 1 aromatic rings. The normalized spacial score (nSPS) is 13.6. The summed E-state index contributed by atoms with van der Waals surface area (Å²) in [6, 6.07) is 7.81. The van der Waals surface area contributed by atoms with Crippen LogP contribution in [0.5, 0.6) is 0 Å². The SMILES string of the molecule is COC(=O)[C@@H](c1ccc(Br)cc1)[C@H](C)C=C(C)C. The molecule has 18 heavy (non-hydrogen) atoms. The van der Waals surface area contributed by atoms with Crippen LogP contribution in [-0.2, 0) is 9.53 Å². The van der Waals surface area contributed by atoms with Crippen LogP contribution in [0.3, 0.4) is 0 Å². The number of rotatable bonds is 4. The minimum atomic E-state index is -0.252. The van der Waals surface area contributed by atoms with Crippen LogP contribution in [0.1, 0.15) is 32.3 Å². The molecule has 3 heteroatoms. The quantitative estimate of drug-likeness (QED) is 0.612. The van der Waals surface area contributed by atoms with Crippen molar-refractivity contribution in [2.45, 2.75) is 26.7 Å². The van der Waals surface area contributed by atoms with Gasteiger partial charge in [0, 0.05) is 4.47 Å². The predicted molar refractivity (Wildman–Crippen MR) is 77.5 cm³/mol. The number of methoxy groups -OCH3 is 1. The highest BCUT2D eigenvalue weighted by atomic mass is 79.9. The predicted octanol–water partition coefficient (Wildman–Crippen LogP) is 4.31. The lowest BCUT2D eigenvalue weighted by Gasteiger charge is -2.20. The van der Waals surface area contributed by atoms with Crippen molar-refractivity contribution < 1.29 is 9.53 Å². The molecule has 0 amide bonds. The molecule has 0 heterocycles. The second-order valence-electron chi connectivity index (χ2n) is 4.66. The van der Waals surface area contributed by atoms with E-state index in [1.807, 2.05) is 45.0 Å². The summed E-state index contributed by atoms with van der Waals surface area (Å²) in [6.07, 6.45) is 2.10. The molecule has 2 atom stereocenters. The summed E-state index contributed by atoms with van der Waals surface area (Å²) in [5.41, 5.74) is 2.18. The Morgan fingerprint density at radius 1 is 1.28 bits per heavy atom. The van der Waals surface area contributed by atoms with Crippen molar-refractivity contribution in [3.05, 3.63) is 46.0 Å². The molecule has 0 unspecified atom stereocenters. The van der Waals surface area contributed by atoms with E-state index in [1.165, 1.54) is 12.7 Å². The van der Waals surface area contributed by atoms with Crippen molar-refractivity contribution >= 4 is 21.9 Å². The second-order valence-corrected chi connectivity index (χ2v) is 5.57. The third-order valence-electron chi connectivity index (χ3n) is 2.81. The summed E-state index contributed by atoms with van der Waals surface area (Å²) >= 11 is 3.40. The molecule has 2 nitrogen and oxygen atoms in total. The Morgan fingerprint density at radius 2 is 1.83 bits per heavy atom. The first-order chi connectivity index (χ1) is 8.45. The van der Waals surface area contributed by atoms with Crippen molar-refractivity contribution in [1.82, 2.24) is 0 Å². The number of benzene rings is 1. The lowest BCUT2D eigenvalue weighted by Crippen LogP contribution is -2.20. The van der Waals surface area contributed by atoms with Gasteiger partial charge in [0.1, 0.15) is 0 Å². The van der Waals surface area contributed by atoms with Gasteiger partial charge >= 0.3 is 5.97 Å². The number of halogens is 1. The lowest BCUT2D eigenvalue weighted by atomic mass is 9.86. The molecular formula is C15H19BrO2. The molecule has 0 bridgehead atoms. The average Bonchev–Trinajstić information content (AvgIpc) is 2.30. The number of carbonyl (C=O) groups is 1. The van der Waals surface area contributed by atoms with E-state index >= 15 is 0 Å². The summed E-state index contributed by atoms with van der Waals surface area (Å²) < 4.78 is 5.92. The Hall–Kier alpha value is -1.09. The fraction of sp³-hybridized carbons (Fsp3) is 0.400. The third kappa shape index (κ3) is 3.98. The van der Waals surface area contributed by atoms with Crippen LogP contribution in [0.15, 0.2) is 40.4 Å². The van der Waals surface area contributed by atoms with Gasteiger partial charge in [-0.05, 0) is 37.5 Å². The fourth-order valence-corrected chi connectivity index (χ4v) is 2.34. The van der Waals surface area contributed by atoms with E-state index in [1.54, 1.807) is 0 Å². The summed E-state index contributed by atoms with van der Waals surface area (Å²) in [6.45, 7) is 6.11. The van der Waals surface area contributed by atoms with E-state index in [-0.39, 0.29) is 17.8 Å². The summed E-state index contributed by atoms with van der Waals surface area (Å²) in [5, 5.41) is 0. The van der Waals surface area contributed by atoms with Gasteiger partial charge in [0.05, 0.1) is 13.0 Å². The number of ether oxygens (including phenoxy) is 1. The van der Waals surface area contributed by atoms with Gasteiger partial charge in [-0.15, -0.1) is 0 Å². The monoisotopic (exact) mass is 310 g/mol. The molecule has 0 saturated heterocycles. The van der Waals surface area contributed by atoms with Gasteiger partial charge in [-0.1, -0.05) is 46.6 Å². The Balaban J connectivity index is 3.09. The molecule has 0 saturated carbocycles. The number of esters is 1. The maximum absolute atomic E-state index is 12.0. The molecule has 1 aromatic carbocycles. The minimum Gasteiger partial charge on any atom is -0.469 e. The highest BCUT2D eigenvalue weighted by Gasteiger charge is 2.26. The molecule has 0 spiro atoms. The molecule has 0 radical (unpaired) electrons. The standard InChI is InChI=1S/C15H19BrO2/c1-10(2)9-11(3)14(15(17)18-4)12-5-7-13(16)8-6-12/h5-9,11,14H,1-4H3/t11-,14-/m1/s1. The minimum absolute atomic E-state index is 0.114. The second kappa shape index (κ2) is 6.74. The van der Waals surface area contributed by atoms with Crippen molar-refractivity contribution in [2.75, 3.05) is 7.11 Å². The molecule has 98 valence electrons. The van der Waals surface area contributed by atoms with Crippen LogP contribution >= 0.6 is 15.9 Å². The average molecular weight is 311 g/mol. The first kappa shape index (κ1) is 15.0. The largest absolute Gasteiger partial charge is 0.469 e. The van der Waals surface area contributed by atoms with Gasteiger partial charge in [-0.25, -0.2) is 0 Å². The fourth-order valence-electron chi connectivity index (χ4n) is 2.07. The lowest BCUT2D eigenvalue weighted by molar-refractivity contribution is -0.143. The van der Waals surface area contributed by atoms with Crippen LogP contribution < -0.4 is 0 Å². The molecule has 0 N–H and O–H groups in total. The van der Waals surface area contributed by atoms with Crippen molar-refractivity contribution in [2.24, 2.45) is 5.92 Å². The molecule has 0 aliphatic carbocycles. The van der Waals surface area contributed by atoms with Gasteiger partial charge in [0.25, 0.3) is 0 Å².